The van der Waals surface area contributed by atoms with E-state index in [-0.39, 0.29) is 5.41 Å². The van der Waals surface area contributed by atoms with E-state index in [9.17, 15) is 9.90 Å². The van der Waals surface area contributed by atoms with Gasteiger partial charge in [0.2, 0.25) is 0 Å². The number of aliphatic hydroxyl groups is 1. The molecule has 3 heteroatoms. The maximum Gasteiger partial charge on any atom is 0.147 e. The van der Waals surface area contributed by atoms with E-state index in [1.807, 2.05) is 0 Å². The van der Waals surface area contributed by atoms with Gasteiger partial charge in [0.1, 0.15) is 5.78 Å². The van der Waals surface area contributed by atoms with Crippen LogP contribution in [0.3, 0.4) is 0 Å². The first-order chi connectivity index (χ1) is 12.3. The Morgan fingerprint density at radius 1 is 1.00 bits per heavy atom. The van der Waals surface area contributed by atoms with Gasteiger partial charge in [-0.1, -0.05) is 22.9 Å². The molecule has 0 aromatic heterocycles. The predicted molar refractivity (Wildman–Crippen MR) is 105 cm³/mol. The van der Waals surface area contributed by atoms with E-state index in [1.165, 1.54) is 38.5 Å². The van der Waals surface area contributed by atoms with E-state index in [2.05, 4.69) is 29.8 Å². The summed E-state index contributed by atoms with van der Waals surface area (Å²) in [6.45, 7) is 4.56. The van der Waals surface area contributed by atoms with Crippen molar-refractivity contribution in [1.29, 1.82) is 0 Å². The molecule has 0 aromatic carbocycles. The molecule has 2 nitrogen and oxygen atoms in total. The second-order valence-electron chi connectivity index (χ2n) is 11.6. The lowest BCUT2D eigenvalue weighted by atomic mass is 9.48. The van der Waals surface area contributed by atoms with Crippen molar-refractivity contribution in [2.75, 3.05) is 5.33 Å². The quantitative estimate of drug-likeness (QED) is 0.649. The number of carbonyl (C=O) groups excluding carboxylic acids is 1. The number of hydrogen-bond donors (Lipinski definition) is 1. The smallest absolute Gasteiger partial charge is 0.147 e. The molecular weight excluding hydrogens is 388 g/mol. The Kier molecular flexibility index (Phi) is 3.26. The SMILES string of the molecule is CC12CC[C@H]3[C@@H](CC[C@@H]4C[C@](C)(O)CC[C@@H]43)[C@@H]1C1C3C[C@@]31[C@@H]2C(=O)CBr. The number of hydrogen-bond acceptors (Lipinski definition) is 2. The first-order valence-electron chi connectivity index (χ1n) is 11.1. The lowest BCUT2D eigenvalue weighted by molar-refractivity contribution is -0.133. The van der Waals surface area contributed by atoms with E-state index in [0.29, 0.717) is 22.4 Å². The van der Waals surface area contributed by atoms with Crippen LogP contribution >= 0.6 is 15.9 Å². The van der Waals surface area contributed by atoms with E-state index in [1.54, 1.807) is 0 Å². The highest BCUT2D eigenvalue weighted by molar-refractivity contribution is 9.09. The Balaban J connectivity index is 1.32. The van der Waals surface area contributed by atoms with Crippen LogP contribution in [0.2, 0.25) is 0 Å². The molecule has 0 radical (unpaired) electrons. The van der Waals surface area contributed by atoms with E-state index >= 15 is 0 Å². The molecule has 0 aliphatic heterocycles. The molecule has 144 valence electrons. The first kappa shape index (κ1) is 17.0. The monoisotopic (exact) mass is 420 g/mol. The Morgan fingerprint density at radius 3 is 2.50 bits per heavy atom. The molecule has 6 aliphatic rings. The summed E-state index contributed by atoms with van der Waals surface area (Å²) in [5, 5.41) is 11.1. The van der Waals surface area contributed by atoms with Crippen LogP contribution in [0.25, 0.3) is 0 Å². The summed E-state index contributed by atoms with van der Waals surface area (Å²) >= 11 is 3.51. The van der Waals surface area contributed by atoms with Crippen LogP contribution < -0.4 is 0 Å². The molecular formula is C23H33BrO2. The van der Waals surface area contributed by atoms with E-state index in [0.717, 1.165) is 54.3 Å². The highest BCUT2D eigenvalue weighted by atomic mass is 79.9. The average Bonchev–Trinajstić information content (AvgIpc) is 3.43. The molecule has 0 saturated heterocycles. The third-order valence-electron chi connectivity index (χ3n) is 10.6. The van der Waals surface area contributed by atoms with Gasteiger partial charge in [0, 0.05) is 5.92 Å². The fraction of sp³-hybridized carbons (Fsp3) is 0.957. The second kappa shape index (κ2) is 4.99. The van der Waals surface area contributed by atoms with Gasteiger partial charge >= 0.3 is 0 Å². The molecule has 11 atom stereocenters. The number of carbonyl (C=O) groups is 1. The molecule has 1 spiro atoms. The van der Waals surface area contributed by atoms with Crippen molar-refractivity contribution in [3.63, 3.8) is 0 Å². The number of Topliss-reactive ketones (excluding diaryl/α,β-unsaturated/α-hetero) is 1. The second-order valence-corrected chi connectivity index (χ2v) is 12.2. The Labute approximate surface area is 166 Å². The van der Waals surface area contributed by atoms with Gasteiger partial charge in [-0.3, -0.25) is 4.79 Å². The van der Waals surface area contributed by atoms with Crippen molar-refractivity contribution < 1.29 is 9.90 Å². The van der Waals surface area contributed by atoms with Crippen LogP contribution in [0.15, 0.2) is 0 Å². The maximum absolute atomic E-state index is 12.9. The Bertz CT molecular complexity index is 673. The molecule has 6 saturated carbocycles. The Hall–Kier alpha value is 0.110. The molecule has 6 aliphatic carbocycles. The highest BCUT2D eigenvalue weighted by Crippen LogP contribution is 2.95. The number of alkyl halides is 1. The number of halogens is 1. The highest BCUT2D eigenvalue weighted by Gasteiger charge is 2.91. The molecule has 1 N–H and O–H groups in total. The lowest BCUT2D eigenvalue weighted by Crippen LogP contribution is -2.52. The standard InChI is InChI=1S/C23H33BrO2/c1-21(26)7-5-13-12(9-21)3-4-15-14(13)6-8-22(2)18(15)19-16-10-23(16,19)20(22)17(25)11-24/h12-16,18-20,26H,3-11H2,1-2H3/t12-,13+,14-,15-,16?,18-,19?,20-,21-,22?,23-/m1/s1. The minimum absolute atomic E-state index is 0.288. The minimum atomic E-state index is -0.417. The predicted octanol–water partition coefficient (Wildman–Crippen LogP) is 4.83. The summed E-state index contributed by atoms with van der Waals surface area (Å²) in [5.41, 5.74) is 0.336. The van der Waals surface area contributed by atoms with Crippen LogP contribution in [0.5, 0.6) is 0 Å². The van der Waals surface area contributed by atoms with Gasteiger partial charge in [0.05, 0.1) is 10.9 Å². The van der Waals surface area contributed by atoms with Gasteiger partial charge in [-0.25, -0.2) is 0 Å². The van der Waals surface area contributed by atoms with Crippen LogP contribution in [-0.4, -0.2) is 21.8 Å². The zero-order valence-electron chi connectivity index (χ0n) is 16.2. The Morgan fingerprint density at radius 2 is 1.77 bits per heavy atom. The van der Waals surface area contributed by atoms with Gasteiger partial charge in [0.15, 0.2) is 0 Å². The summed E-state index contributed by atoms with van der Waals surface area (Å²) in [6, 6.07) is 0. The lowest BCUT2D eigenvalue weighted by Gasteiger charge is -2.57. The number of rotatable bonds is 2. The van der Waals surface area contributed by atoms with Crippen molar-refractivity contribution in [1.82, 2.24) is 0 Å². The normalized spacial score (nSPS) is 64.5. The molecule has 6 rings (SSSR count). The zero-order chi connectivity index (χ0) is 18.1. The van der Waals surface area contributed by atoms with Gasteiger partial charge in [0.25, 0.3) is 0 Å². The van der Waals surface area contributed by atoms with Crippen LogP contribution in [-0.2, 0) is 4.79 Å². The molecule has 0 amide bonds. The van der Waals surface area contributed by atoms with E-state index < -0.39 is 5.60 Å². The summed E-state index contributed by atoms with van der Waals surface area (Å²) < 4.78 is 0. The van der Waals surface area contributed by atoms with Crippen molar-refractivity contribution >= 4 is 21.7 Å². The van der Waals surface area contributed by atoms with Gasteiger partial charge in [-0.05, 0) is 111 Å². The largest absolute Gasteiger partial charge is 0.390 e. The molecule has 6 fully saturated rings. The van der Waals surface area contributed by atoms with E-state index in [4.69, 9.17) is 0 Å². The number of fused-ring (bicyclic) bond motifs is 7. The van der Waals surface area contributed by atoms with Gasteiger partial charge < -0.3 is 5.11 Å². The summed E-state index contributed by atoms with van der Waals surface area (Å²) in [6.07, 6.45) is 9.97. The maximum atomic E-state index is 12.9. The zero-order valence-corrected chi connectivity index (χ0v) is 17.8. The summed E-state index contributed by atoms with van der Waals surface area (Å²) in [7, 11) is 0. The summed E-state index contributed by atoms with van der Waals surface area (Å²) in [4.78, 5) is 12.9. The third kappa shape index (κ3) is 1.86. The van der Waals surface area contributed by atoms with Crippen LogP contribution in [0, 0.1) is 58.2 Å². The van der Waals surface area contributed by atoms with Gasteiger partial charge in [-0.15, -0.1) is 0 Å². The van der Waals surface area contributed by atoms with Crippen LogP contribution in [0.1, 0.15) is 65.2 Å². The van der Waals surface area contributed by atoms with Crippen LogP contribution in [0.4, 0.5) is 0 Å². The van der Waals surface area contributed by atoms with Crippen molar-refractivity contribution in [3.05, 3.63) is 0 Å². The van der Waals surface area contributed by atoms with Crippen molar-refractivity contribution in [2.45, 2.75) is 70.8 Å². The topological polar surface area (TPSA) is 37.3 Å². The molecule has 26 heavy (non-hydrogen) atoms. The minimum Gasteiger partial charge on any atom is -0.390 e. The first-order valence-corrected chi connectivity index (χ1v) is 12.3. The number of ketones is 1. The van der Waals surface area contributed by atoms with Gasteiger partial charge in [-0.2, -0.15) is 0 Å². The molecule has 0 bridgehead atoms. The molecule has 0 heterocycles. The molecule has 0 aromatic rings. The van der Waals surface area contributed by atoms with Crippen molar-refractivity contribution in [2.24, 2.45) is 58.2 Å². The fourth-order valence-corrected chi connectivity index (χ4v) is 10.2. The third-order valence-corrected chi connectivity index (χ3v) is 11.2. The fourth-order valence-electron chi connectivity index (χ4n) is 9.84. The molecule has 3 unspecified atom stereocenters. The van der Waals surface area contributed by atoms with Crippen molar-refractivity contribution in [3.8, 4) is 0 Å². The summed E-state index contributed by atoms with van der Waals surface area (Å²) in [5.74, 6) is 6.90. The average molecular weight is 421 g/mol.